The van der Waals surface area contributed by atoms with Crippen LogP contribution in [-0.2, 0) is 0 Å². The van der Waals surface area contributed by atoms with Crippen LogP contribution in [0.5, 0.6) is 0 Å². The highest BCUT2D eigenvalue weighted by Gasteiger charge is 2.51. The van der Waals surface area contributed by atoms with Crippen molar-refractivity contribution in [2.45, 2.75) is 81.9 Å². The van der Waals surface area contributed by atoms with Gasteiger partial charge in [-0.1, -0.05) is 12.8 Å². The van der Waals surface area contributed by atoms with Gasteiger partial charge in [-0.05, 0) is 69.1 Å². The standard InChI is InChI=1S/C17H28N2O2/c20-15-4-2-1-3-14(15)18-16(21)19-17-8-11-5-12(9-17)7-13(6-11)10-17/h11-15,20H,1-10H2,(H2,18,19,21)/t11?,12?,13?,14-,15-,17?/m0/s1. The number of aliphatic hydroxyl groups excluding tert-OH is 1. The number of carbonyl (C=O) groups is 1. The third kappa shape index (κ3) is 2.67. The predicted molar refractivity (Wildman–Crippen MR) is 80.8 cm³/mol. The molecule has 4 heteroatoms. The molecule has 3 N–H and O–H groups in total. The van der Waals surface area contributed by atoms with Gasteiger partial charge >= 0.3 is 6.03 Å². The Morgan fingerprint density at radius 2 is 1.52 bits per heavy atom. The summed E-state index contributed by atoms with van der Waals surface area (Å²) in [4.78, 5) is 12.4. The van der Waals surface area contributed by atoms with Crippen LogP contribution < -0.4 is 10.6 Å². The second kappa shape index (κ2) is 5.15. The minimum Gasteiger partial charge on any atom is -0.391 e. The molecule has 0 aromatic carbocycles. The smallest absolute Gasteiger partial charge is 0.315 e. The van der Waals surface area contributed by atoms with E-state index in [1.54, 1.807) is 0 Å². The second-order valence-electron chi connectivity index (χ2n) is 8.25. The third-order valence-corrected chi connectivity index (χ3v) is 6.46. The number of rotatable bonds is 2. The Kier molecular flexibility index (Phi) is 3.40. The highest BCUT2D eigenvalue weighted by molar-refractivity contribution is 5.75. The average Bonchev–Trinajstić information content (AvgIpc) is 2.39. The summed E-state index contributed by atoms with van der Waals surface area (Å²) in [6.45, 7) is 0. The minimum atomic E-state index is -0.360. The lowest BCUT2D eigenvalue weighted by molar-refractivity contribution is -0.0142. The van der Waals surface area contributed by atoms with Gasteiger partial charge in [-0.15, -0.1) is 0 Å². The molecule has 0 aromatic heterocycles. The van der Waals surface area contributed by atoms with Crippen LogP contribution in [0.2, 0.25) is 0 Å². The molecule has 118 valence electrons. The van der Waals surface area contributed by atoms with E-state index in [2.05, 4.69) is 10.6 Å². The molecule has 0 spiro atoms. The van der Waals surface area contributed by atoms with Gasteiger partial charge in [0.1, 0.15) is 0 Å². The molecular weight excluding hydrogens is 264 g/mol. The Bertz CT molecular complexity index is 388. The maximum atomic E-state index is 12.4. The maximum Gasteiger partial charge on any atom is 0.315 e. The van der Waals surface area contributed by atoms with Crippen LogP contribution in [0.1, 0.15) is 64.2 Å². The molecule has 5 rings (SSSR count). The molecule has 0 aromatic rings. The lowest BCUT2D eigenvalue weighted by Gasteiger charge is -2.56. The van der Waals surface area contributed by atoms with Gasteiger partial charge in [-0.25, -0.2) is 4.79 Å². The highest BCUT2D eigenvalue weighted by atomic mass is 16.3. The zero-order chi connectivity index (χ0) is 14.4. The van der Waals surface area contributed by atoms with Crippen molar-refractivity contribution >= 4 is 6.03 Å². The van der Waals surface area contributed by atoms with Crippen molar-refractivity contribution in [1.82, 2.24) is 10.6 Å². The Morgan fingerprint density at radius 1 is 0.952 bits per heavy atom. The van der Waals surface area contributed by atoms with E-state index in [1.807, 2.05) is 0 Å². The third-order valence-electron chi connectivity index (χ3n) is 6.46. The van der Waals surface area contributed by atoms with Crippen molar-refractivity contribution in [1.29, 1.82) is 0 Å². The average molecular weight is 292 g/mol. The topological polar surface area (TPSA) is 61.4 Å². The van der Waals surface area contributed by atoms with Crippen LogP contribution in [-0.4, -0.2) is 28.8 Å². The quantitative estimate of drug-likeness (QED) is 0.732. The minimum absolute atomic E-state index is 0.0390. The first kappa shape index (κ1) is 13.9. The number of aliphatic hydroxyl groups is 1. The molecule has 0 saturated heterocycles. The van der Waals surface area contributed by atoms with Crippen molar-refractivity contribution in [3.8, 4) is 0 Å². The van der Waals surface area contributed by atoms with Crippen molar-refractivity contribution in [2.24, 2.45) is 17.8 Å². The summed E-state index contributed by atoms with van der Waals surface area (Å²) in [5, 5.41) is 16.4. The molecule has 0 unspecified atom stereocenters. The van der Waals surface area contributed by atoms with E-state index < -0.39 is 0 Å². The van der Waals surface area contributed by atoms with Gasteiger partial charge in [-0.3, -0.25) is 0 Å². The first-order chi connectivity index (χ1) is 10.1. The van der Waals surface area contributed by atoms with E-state index in [0.29, 0.717) is 0 Å². The molecule has 5 aliphatic carbocycles. The first-order valence-corrected chi connectivity index (χ1v) is 8.89. The Morgan fingerprint density at radius 3 is 2.10 bits per heavy atom. The van der Waals surface area contributed by atoms with Crippen LogP contribution in [0.3, 0.4) is 0 Å². The number of carbonyl (C=O) groups excluding carboxylic acids is 1. The molecule has 21 heavy (non-hydrogen) atoms. The van der Waals surface area contributed by atoms with Crippen molar-refractivity contribution in [3.63, 3.8) is 0 Å². The van der Waals surface area contributed by atoms with Gasteiger partial charge in [0.25, 0.3) is 0 Å². The zero-order valence-corrected chi connectivity index (χ0v) is 12.8. The fourth-order valence-electron chi connectivity index (χ4n) is 5.99. The molecule has 4 nitrogen and oxygen atoms in total. The number of urea groups is 1. The van der Waals surface area contributed by atoms with Crippen molar-refractivity contribution in [3.05, 3.63) is 0 Å². The Hall–Kier alpha value is -0.770. The first-order valence-electron chi connectivity index (χ1n) is 8.89. The van der Waals surface area contributed by atoms with Crippen LogP contribution in [0.4, 0.5) is 4.79 Å². The Balaban J connectivity index is 1.38. The number of nitrogens with one attached hydrogen (secondary N) is 2. The summed E-state index contributed by atoms with van der Waals surface area (Å²) < 4.78 is 0. The van der Waals surface area contributed by atoms with E-state index in [-0.39, 0.29) is 23.7 Å². The van der Waals surface area contributed by atoms with E-state index in [9.17, 15) is 9.90 Å². The summed E-state index contributed by atoms with van der Waals surface area (Å²) >= 11 is 0. The molecule has 5 saturated carbocycles. The molecule has 0 heterocycles. The summed E-state index contributed by atoms with van der Waals surface area (Å²) in [5.74, 6) is 2.53. The van der Waals surface area contributed by atoms with Crippen LogP contribution >= 0.6 is 0 Å². The van der Waals surface area contributed by atoms with Gasteiger partial charge in [0.15, 0.2) is 0 Å². The highest BCUT2D eigenvalue weighted by Crippen LogP contribution is 2.55. The molecule has 2 atom stereocenters. The van der Waals surface area contributed by atoms with Crippen LogP contribution in [0.15, 0.2) is 0 Å². The van der Waals surface area contributed by atoms with Crippen molar-refractivity contribution in [2.75, 3.05) is 0 Å². The molecular formula is C17H28N2O2. The summed E-state index contributed by atoms with van der Waals surface area (Å²) in [6.07, 6.45) is 11.3. The molecule has 0 radical (unpaired) electrons. The van der Waals surface area contributed by atoms with Gasteiger partial charge in [-0.2, -0.15) is 0 Å². The lowest BCUT2D eigenvalue weighted by Crippen LogP contribution is -2.62. The zero-order valence-electron chi connectivity index (χ0n) is 12.8. The molecule has 2 amide bonds. The van der Waals surface area contributed by atoms with Gasteiger partial charge in [0.05, 0.1) is 12.1 Å². The largest absolute Gasteiger partial charge is 0.391 e. The number of hydrogen-bond acceptors (Lipinski definition) is 2. The van der Waals surface area contributed by atoms with Crippen LogP contribution in [0, 0.1) is 17.8 Å². The monoisotopic (exact) mass is 292 g/mol. The van der Waals surface area contributed by atoms with Gasteiger partial charge in [0, 0.05) is 5.54 Å². The summed E-state index contributed by atoms with van der Waals surface area (Å²) in [6, 6.07) is -0.0874. The number of amides is 2. The Labute approximate surface area is 127 Å². The molecule has 4 bridgehead atoms. The van der Waals surface area contributed by atoms with E-state index in [4.69, 9.17) is 0 Å². The predicted octanol–water partition coefficient (Wildman–Crippen LogP) is 2.56. The fourth-order valence-corrected chi connectivity index (χ4v) is 5.99. The van der Waals surface area contributed by atoms with E-state index in [1.165, 1.54) is 38.5 Å². The lowest BCUT2D eigenvalue weighted by atomic mass is 9.53. The molecule has 5 aliphatic rings. The summed E-state index contributed by atoms with van der Waals surface area (Å²) in [7, 11) is 0. The van der Waals surface area contributed by atoms with E-state index in [0.717, 1.165) is 43.4 Å². The second-order valence-corrected chi connectivity index (χ2v) is 8.25. The summed E-state index contributed by atoms with van der Waals surface area (Å²) in [5.41, 5.74) is 0.0679. The molecule has 0 aliphatic heterocycles. The SMILES string of the molecule is O=C(N[C@H]1CCCC[C@@H]1O)NC12CC3CC(CC(C3)C1)C2. The number of hydrogen-bond donors (Lipinski definition) is 3. The van der Waals surface area contributed by atoms with Crippen LogP contribution in [0.25, 0.3) is 0 Å². The van der Waals surface area contributed by atoms with Crippen molar-refractivity contribution < 1.29 is 9.90 Å². The fraction of sp³-hybridized carbons (Fsp3) is 0.941. The van der Waals surface area contributed by atoms with Gasteiger partial charge < -0.3 is 15.7 Å². The molecule has 5 fully saturated rings. The normalized spacial score (nSPS) is 48.1. The maximum absolute atomic E-state index is 12.4. The van der Waals surface area contributed by atoms with Gasteiger partial charge in [0.2, 0.25) is 0 Å². The van der Waals surface area contributed by atoms with E-state index >= 15 is 0 Å².